The summed E-state index contributed by atoms with van der Waals surface area (Å²) in [5, 5.41) is 3.38. The van der Waals surface area contributed by atoms with Gasteiger partial charge in [0.05, 0.1) is 0 Å². The van der Waals surface area contributed by atoms with Gasteiger partial charge in [-0.25, -0.2) is 0 Å². The minimum Gasteiger partial charge on any atom is -0.319 e. The van der Waals surface area contributed by atoms with Crippen molar-refractivity contribution in [2.75, 3.05) is 13.6 Å². The molecule has 0 saturated heterocycles. The Morgan fingerprint density at radius 1 is 1.12 bits per heavy atom. The fraction of sp³-hybridized carbons (Fsp3) is 0.625. The SMILES string of the molecule is CNCC1(Cc2ccc3c(c2)CCC3)CCC1. The first-order valence-corrected chi connectivity index (χ1v) is 7.07. The third-order valence-corrected chi connectivity index (χ3v) is 4.71. The Hall–Kier alpha value is -0.820. The maximum atomic E-state index is 3.38. The lowest BCUT2D eigenvalue weighted by molar-refractivity contribution is 0.133. The van der Waals surface area contributed by atoms with E-state index in [0.29, 0.717) is 5.41 Å². The largest absolute Gasteiger partial charge is 0.319 e. The minimum absolute atomic E-state index is 0.571. The topological polar surface area (TPSA) is 12.0 Å². The van der Waals surface area contributed by atoms with E-state index >= 15 is 0 Å². The van der Waals surface area contributed by atoms with Crippen LogP contribution < -0.4 is 5.32 Å². The second-order valence-electron chi connectivity index (χ2n) is 6.02. The average Bonchev–Trinajstić information content (AvgIpc) is 2.73. The van der Waals surface area contributed by atoms with Gasteiger partial charge in [0.15, 0.2) is 0 Å². The normalized spacial score (nSPS) is 21.0. The molecule has 0 unspecified atom stereocenters. The predicted octanol–water partition coefficient (Wildman–Crippen LogP) is 3.11. The van der Waals surface area contributed by atoms with E-state index in [0.717, 1.165) is 0 Å². The summed E-state index contributed by atoms with van der Waals surface area (Å²) in [5.74, 6) is 0. The van der Waals surface area contributed by atoms with E-state index in [9.17, 15) is 0 Å². The molecule has 1 N–H and O–H groups in total. The van der Waals surface area contributed by atoms with Gasteiger partial charge >= 0.3 is 0 Å². The average molecular weight is 229 g/mol. The van der Waals surface area contributed by atoms with E-state index in [1.807, 2.05) is 0 Å². The van der Waals surface area contributed by atoms with Gasteiger partial charge in [0, 0.05) is 6.54 Å². The summed E-state index contributed by atoms with van der Waals surface area (Å²) in [6.07, 6.45) is 9.49. The molecule has 2 aliphatic carbocycles. The number of hydrogen-bond donors (Lipinski definition) is 1. The van der Waals surface area contributed by atoms with Crippen LogP contribution in [-0.4, -0.2) is 13.6 Å². The molecule has 2 aliphatic rings. The fourth-order valence-electron chi connectivity index (χ4n) is 3.64. The molecule has 0 spiro atoms. The zero-order valence-corrected chi connectivity index (χ0v) is 10.9. The number of benzene rings is 1. The van der Waals surface area contributed by atoms with Crippen LogP contribution in [0, 0.1) is 5.41 Å². The molecule has 0 radical (unpaired) electrons. The molecule has 3 rings (SSSR count). The van der Waals surface area contributed by atoms with Gasteiger partial charge < -0.3 is 5.32 Å². The van der Waals surface area contributed by atoms with Crippen molar-refractivity contribution >= 4 is 0 Å². The first kappa shape index (κ1) is 11.3. The van der Waals surface area contributed by atoms with Crippen LogP contribution in [-0.2, 0) is 19.3 Å². The first-order valence-electron chi connectivity index (χ1n) is 7.07. The molecule has 92 valence electrons. The monoisotopic (exact) mass is 229 g/mol. The molecule has 0 aromatic heterocycles. The van der Waals surface area contributed by atoms with Gasteiger partial charge in [-0.05, 0) is 67.7 Å². The Morgan fingerprint density at radius 3 is 2.65 bits per heavy atom. The lowest BCUT2D eigenvalue weighted by Crippen LogP contribution is -2.40. The number of rotatable bonds is 4. The molecule has 1 fully saturated rings. The molecule has 1 saturated carbocycles. The number of fused-ring (bicyclic) bond motifs is 1. The predicted molar refractivity (Wildman–Crippen MR) is 72.4 cm³/mol. The Kier molecular flexibility index (Phi) is 2.96. The van der Waals surface area contributed by atoms with Crippen LogP contribution in [0.25, 0.3) is 0 Å². The summed E-state index contributed by atoms with van der Waals surface area (Å²) >= 11 is 0. The van der Waals surface area contributed by atoms with Gasteiger partial charge in [-0.2, -0.15) is 0 Å². The van der Waals surface area contributed by atoms with E-state index in [1.54, 1.807) is 16.7 Å². The van der Waals surface area contributed by atoms with Crippen LogP contribution in [0.5, 0.6) is 0 Å². The van der Waals surface area contributed by atoms with Crippen molar-refractivity contribution in [2.24, 2.45) is 5.41 Å². The van der Waals surface area contributed by atoms with Crippen LogP contribution in [0.2, 0.25) is 0 Å². The summed E-state index contributed by atoms with van der Waals surface area (Å²) in [6.45, 7) is 1.18. The Bertz CT molecular complexity index is 404. The third-order valence-electron chi connectivity index (χ3n) is 4.71. The first-order chi connectivity index (χ1) is 8.31. The summed E-state index contributed by atoms with van der Waals surface area (Å²) in [6, 6.07) is 7.24. The highest BCUT2D eigenvalue weighted by Gasteiger charge is 2.36. The fourth-order valence-corrected chi connectivity index (χ4v) is 3.64. The maximum absolute atomic E-state index is 3.38. The van der Waals surface area contributed by atoms with Crippen molar-refractivity contribution < 1.29 is 0 Å². The summed E-state index contributed by atoms with van der Waals surface area (Å²) < 4.78 is 0. The van der Waals surface area contributed by atoms with Crippen molar-refractivity contribution in [3.63, 3.8) is 0 Å². The zero-order chi connectivity index (χ0) is 11.7. The molecule has 0 heterocycles. The van der Waals surface area contributed by atoms with Gasteiger partial charge in [-0.3, -0.25) is 0 Å². The van der Waals surface area contributed by atoms with Crippen LogP contribution in [0.4, 0.5) is 0 Å². The minimum atomic E-state index is 0.571. The second-order valence-corrected chi connectivity index (χ2v) is 6.02. The number of nitrogens with one attached hydrogen (secondary N) is 1. The maximum Gasteiger partial charge on any atom is 0.000799 e. The van der Waals surface area contributed by atoms with Crippen molar-refractivity contribution in [1.29, 1.82) is 0 Å². The van der Waals surface area contributed by atoms with E-state index in [4.69, 9.17) is 0 Å². The smallest absolute Gasteiger partial charge is 0.000799 e. The molecular weight excluding hydrogens is 206 g/mol. The second kappa shape index (κ2) is 4.45. The lowest BCUT2D eigenvalue weighted by atomic mass is 9.65. The molecule has 17 heavy (non-hydrogen) atoms. The molecule has 1 aromatic carbocycles. The summed E-state index contributed by atoms with van der Waals surface area (Å²) in [4.78, 5) is 0. The van der Waals surface area contributed by atoms with Gasteiger partial charge in [0.1, 0.15) is 0 Å². The van der Waals surface area contributed by atoms with E-state index < -0.39 is 0 Å². The Labute approximate surface area is 105 Å². The molecule has 0 aliphatic heterocycles. The Balaban J connectivity index is 1.76. The van der Waals surface area contributed by atoms with E-state index in [1.165, 1.54) is 51.5 Å². The van der Waals surface area contributed by atoms with Crippen molar-refractivity contribution in [1.82, 2.24) is 5.32 Å². The molecule has 1 heteroatoms. The van der Waals surface area contributed by atoms with Crippen LogP contribution in [0.1, 0.15) is 42.4 Å². The highest BCUT2D eigenvalue weighted by molar-refractivity contribution is 5.35. The molecule has 1 aromatic rings. The highest BCUT2D eigenvalue weighted by atomic mass is 14.8. The molecule has 0 atom stereocenters. The Morgan fingerprint density at radius 2 is 1.94 bits per heavy atom. The van der Waals surface area contributed by atoms with Crippen molar-refractivity contribution in [3.8, 4) is 0 Å². The van der Waals surface area contributed by atoms with Gasteiger partial charge in [-0.1, -0.05) is 24.6 Å². The third kappa shape index (κ3) is 2.13. The van der Waals surface area contributed by atoms with E-state index in [-0.39, 0.29) is 0 Å². The van der Waals surface area contributed by atoms with E-state index in [2.05, 4.69) is 30.6 Å². The summed E-state index contributed by atoms with van der Waals surface area (Å²) in [7, 11) is 2.09. The molecule has 0 bridgehead atoms. The molecule has 1 nitrogen and oxygen atoms in total. The number of hydrogen-bond acceptors (Lipinski definition) is 1. The van der Waals surface area contributed by atoms with Crippen molar-refractivity contribution in [2.45, 2.75) is 44.9 Å². The quantitative estimate of drug-likeness (QED) is 0.836. The van der Waals surface area contributed by atoms with Gasteiger partial charge in [0.25, 0.3) is 0 Å². The van der Waals surface area contributed by atoms with Gasteiger partial charge in [-0.15, -0.1) is 0 Å². The van der Waals surface area contributed by atoms with Crippen LogP contribution in [0.15, 0.2) is 18.2 Å². The standard InChI is InChI=1S/C16H23N/c1-17-12-16(8-3-9-16)11-13-6-7-14-4-2-5-15(14)10-13/h6-7,10,17H,2-5,8-9,11-12H2,1H3. The highest BCUT2D eigenvalue weighted by Crippen LogP contribution is 2.43. The summed E-state index contributed by atoms with van der Waals surface area (Å²) in [5.41, 5.74) is 5.37. The zero-order valence-electron chi connectivity index (χ0n) is 10.9. The molecular formula is C16H23N. The lowest BCUT2D eigenvalue weighted by Gasteiger charge is -2.42. The van der Waals surface area contributed by atoms with Crippen molar-refractivity contribution in [3.05, 3.63) is 34.9 Å². The van der Waals surface area contributed by atoms with Crippen LogP contribution >= 0.6 is 0 Å². The van der Waals surface area contributed by atoms with Gasteiger partial charge in [0.2, 0.25) is 0 Å². The van der Waals surface area contributed by atoms with Crippen LogP contribution in [0.3, 0.4) is 0 Å². The molecule has 0 amide bonds. The number of aryl methyl sites for hydroxylation is 2.